The predicted octanol–water partition coefficient (Wildman–Crippen LogP) is 0.920. The smallest absolute Gasteiger partial charge is 0.0243 e. The van der Waals surface area contributed by atoms with E-state index in [1.807, 2.05) is 19.1 Å². The first-order valence-corrected chi connectivity index (χ1v) is 3.16. The highest BCUT2D eigenvalue weighted by Gasteiger charge is 1.80. The Labute approximate surface area is 61.9 Å². The van der Waals surface area contributed by atoms with Gasteiger partial charge in [0, 0.05) is 12.2 Å². The summed E-state index contributed by atoms with van der Waals surface area (Å²) in [6.07, 6.45) is 5.58. The van der Waals surface area contributed by atoms with Crippen molar-refractivity contribution >= 4 is 0 Å². The molecule has 0 radical (unpaired) electrons. The van der Waals surface area contributed by atoms with Crippen molar-refractivity contribution in [3.05, 3.63) is 36.1 Å². The van der Waals surface area contributed by atoms with E-state index in [2.05, 4.69) is 6.58 Å². The van der Waals surface area contributed by atoms with Gasteiger partial charge in [-0.1, -0.05) is 18.7 Å². The van der Waals surface area contributed by atoms with E-state index in [1.165, 1.54) is 0 Å². The van der Waals surface area contributed by atoms with E-state index in [-0.39, 0.29) is 0 Å². The minimum Gasteiger partial charge on any atom is -0.399 e. The summed E-state index contributed by atoms with van der Waals surface area (Å²) in [6.45, 7) is 6.05. The van der Waals surface area contributed by atoms with E-state index < -0.39 is 0 Å². The maximum Gasteiger partial charge on any atom is 0.0243 e. The summed E-state index contributed by atoms with van der Waals surface area (Å²) in [4.78, 5) is 0. The minimum atomic E-state index is 0.558. The molecule has 0 aromatic rings. The fourth-order valence-corrected chi connectivity index (χ4v) is 0.594. The van der Waals surface area contributed by atoms with Gasteiger partial charge in [-0.3, -0.25) is 0 Å². The van der Waals surface area contributed by atoms with Crippen LogP contribution in [-0.4, -0.2) is 6.54 Å². The van der Waals surface area contributed by atoms with E-state index >= 15 is 0 Å². The van der Waals surface area contributed by atoms with Gasteiger partial charge in [-0.15, -0.1) is 0 Å². The fourth-order valence-electron chi connectivity index (χ4n) is 0.594. The van der Waals surface area contributed by atoms with Gasteiger partial charge in [0.05, 0.1) is 0 Å². The summed E-state index contributed by atoms with van der Waals surface area (Å²) in [7, 11) is 0. The zero-order valence-corrected chi connectivity index (χ0v) is 6.30. The van der Waals surface area contributed by atoms with Crippen molar-refractivity contribution in [2.45, 2.75) is 6.92 Å². The Morgan fingerprint density at radius 1 is 1.60 bits per heavy atom. The van der Waals surface area contributed by atoms with Crippen LogP contribution in [-0.2, 0) is 0 Å². The van der Waals surface area contributed by atoms with Crippen LogP contribution in [0.1, 0.15) is 6.92 Å². The van der Waals surface area contributed by atoms with Crippen LogP contribution in [0.3, 0.4) is 0 Å². The molecule has 0 saturated carbocycles. The lowest BCUT2D eigenvalue weighted by molar-refractivity contribution is 1.24. The van der Waals surface area contributed by atoms with Gasteiger partial charge >= 0.3 is 0 Å². The molecule has 0 aromatic heterocycles. The second kappa shape index (κ2) is 4.82. The summed E-state index contributed by atoms with van der Waals surface area (Å²) >= 11 is 0. The van der Waals surface area contributed by atoms with Crippen molar-refractivity contribution in [1.82, 2.24) is 0 Å². The lowest BCUT2D eigenvalue weighted by atomic mass is 10.2. The average Bonchev–Trinajstić information content (AvgIpc) is 1.82. The van der Waals surface area contributed by atoms with Gasteiger partial charge in [-0.2, -0.15) is 0 Å². The van der Waals surface area contributed by atoms with E-state index in [9.17, 15) is 0 Å². The van der Waals surface area contributed by atoms with Crippen LogP contribution >= 0.6 is 0 Å². The lowest BCUT2D eigenvalue weighted by Gasteiger charge is -1.90. The van der Waals surface area contributed by atoms with Crippen LogP contribution < -0.4 is 11.5 Å². The summed E-state index contributed by atoms with van der Waals surface area (Å²) in [5.74, 6) is 0. The molecule has 0 aliphatic carbocycles. The maximum atomic E-state index is 5.33. The number of hydrogen-bond acceptors (Lipinski definition) is 2. The Bertz CT molecular complexity index is 166. The highest BCUT2D eigenvalue weighted by Crippen LogP contribution is 1.96. The van der Waals surface area contributed by atoms with Crippen molar-refractivity contribution in [2.75, 3.05) is 6.54 Å². The Morgan fingerprint density at radius 3 is 2.60 bits per heavy atom. The van der Waals surface area contributed by atoms with E-state index in [0.29, 0.717) is 12.2 Å². The number of allylic oxidation sites excluding steroid dienone is 3. The molecule has 0 aliphatic rings. The highest BCUT2D eigenvalue weighted by atomic mass is 14.5. The summed E-state index contributed by atoms with van der Waals surface area (Å²) in [5.41, 5.74) is 12.2. The maximum absolute atomic E-state index is 5.33. The van der Waals surface area contributed by atoms with Crippen LogP contribution in [0.4, 0.5) is 0 Å². The first-order chi connectivity index (χ1) is 4.66. The second-order valence-corrected chi connectivity index (χ2v) is 2.10. The van der Waals surface area contributed by atoms with Crippen LogP contribution in [0.25, 0.3) is 0 Å². The molecule has 4 N–H and O–H groups in total. The Hall–Kier alpha value is -1.02. The largest absolute Gasteiger partial charge is 0.399 e. The molecule has 2 nitrogen and oxygen atoms in total. The van der Waals surface area contributed by atoms with Gasteiger partial charge < -0.3 is 11.5 Å². The summed E-state index contributed by atoms with van der Waals surface area (Å²) in [5, 5.41) is 0. The fraction of sp³-hybridized carbons (Fsp3) is 0.250. The Morgan fingerprint density at radius 2 is 2.20 bits per heavy atom. The molecule has 0 aliphatic heterocycles. The molecule has 0 saturated heterocycles. The van der Waals surface area contributed by atoms with Crippen LogP contribution in [0.15, 0.2) is 36.1 Å². The van der Waals surface area contributed by atoms with E-state index in [1.54, 1.807) is 6.08 Å². The molecule has 0 spiro atoms. The molecule has 0 rings (SSSR count). The molecular weight excluding hydrogens is 124 g/mol. The molecule has 0 unspecified atom stereocenters. The van der Waals surface area contributed by atoms with Gasteiger partial charge in [-0.05, 0) is 18.6 Å². The zero-order valence-electron chi connectivity index (χ0n) is 6.30. The van der Waals surface area contributed by atoms with Crippen molar-refractivity contribution in [2.24, 2.45) is 11.5 Å². The van der Waals surface area contributed by atoms with Crippen LogP contribution in [0.2, 0.25) is 0 Å². The molecule has 0 atom stereocenters. The molecule has 0 aromatic carbocycles. The van der Waals surface area contributed by atoms with Crippen molar-refractivity contribution < 1.29 is 0 Å². The molecule has 0 heterocycles. The molecule has 56 valence electrons. The molecule has 10 heavy (non-hydrogen) atoms. The molecular formula is C8H14N2. The van der Waals surface area contributed by atoms with Gasteiger partial charge in [0.25, 0.3) is 0 Å². The molecule has 0 amide bonds. The lowest BCUT2D eigenvalue weighted by Crippen LogP contribution is -1.93. The summed E-state index contributed by atoms with van der Waals surface area (Å²) < 4.78 is 0. The van der Waals surface area contributed by atoms with Gasteiger partial charge in [0.1, 0.15) is 0 Å². The van der Waals surface area contributed by atoms with Crippen LogP contribution in [0, 0.1) is 0 Å². The standard InChI is InChI=1S/C8H14N2/c1-7(4-3-5-9)6-8(2)10/h3-4,6H,2,5,9-10H2,1H3/b4-3-,7-6-. The number of rotatable bonds is 3. The van der Waals surface area contributed by atoms with Gasteiger partial charge in [-0.25, -0.2) is 0 Å². The number of hydrogen-bond donors (Lipinski definition) is 2. The van der Waals surface area contributed by atoms with E-state index in [0.717, 1.165) is 5.57 Å². The molecule has 0 bridgehead atoms. The Kier molecular flexibility index (Phi) is 4.33. The van der Waals surface area contributed by atoms with Gasteiger partial charge in [0.2, 0.25) is 0 Å². The number of nitrogens with two attached hydrogens (primary N) is 2. The first-order valence-electron chi connectivity index (χ1n) is 3.16. The van der Waals surface area contributed by atoms with Crippen LogP contribution in [0.5, 0.6) is 0 Å². The quantitative estimate of drug-likeness (QED) is 0.570. The van der Waals surface area contributed by atoms with Crippen molar-refractivity contribution in [3.63, 3.8) is 0 Å². The topological polar surface area (TPSA) is 52.0 Å². The second-order valence-electron chi connectivity index (χ2n) is 2.10. The van der Waals surface area contributed by atoms with Crippen molar-refractivity contribution in [1.29, 1.82) is 0 Å². The minimum absolute atomic E-state index is 0.558. The van der Waals surface area contributed by atoms with E-state index in [4.69, 9.17) is 11.5 Å². The third-order valence-corrected chi connectivity index (χ3v) is 0.930. The molecule has 2 heteroatoms. The normalized spacial score (nSPS) is 12.4. The third kappa shape index (κ3) is 5.12. The SMILES string of the molecule is C=C(N)/C=C(C)\C=C/CN. The van der Waals surface area contributed by atoms with Gasteiger partial charge in [0.15, 0.2) is 0 Å². The predicted molar refractivity (Wildman–Crippen MR) is 45.3 cm³/mol. The summed E-state index contributed by atoms with van der Waals surface area (Å²) in [6, 6.07) is 0. The zero-order chi connectivity index (χ0) is 7.98. The van der Waals surface area contributed by atoms with Crippen molar-refractivity contribution in [3.8, 4) is 0 Å². The average molecular weight is 138 g/mol. The first kappa shape index (κ1) is 8.98. The molecule has 0 fully saturated rings. The monoisotopic (exact) mass is 138 g/mol. The highest BCUT2D eigenvalue weighted by molar-refractivity contribution is 5.24. The Balaban J connectivity index is 3.94. The third-order valence-electron chi connectivity index (χ3n) is 0.930.